The number of aryl methyl sites for hydroxylation is 2. The van der Waals surface area contributed by atoms with Gasteiger partial charge < -0.3 is 10.1 Å². The third-order valence-electron chi connectivity index (χ3n) is 5.05. The van der Waals surface area contributed by atoms with Crippen LogP contribution in [0.15, 0.2) is 64.2 Å². The Kier molecular flexibility index (Phi) is 6.90. The van der Waals surface area contributed by atoms with Gasteiger partial charge in [-0.2, -0.15) is 0 Å². The summed E-state index contributed by atoms with van der Waals surface area (Å²) in [6, 6.07) is 11.7. The van der Waals surface area contributed by atoms with Crippen LogP contribution >= 0.6 is 23.2 Å². The molecular weight excluding hydrogens is 529 g/mol. The fourth-order valence-electron chi connectivity index (χ4n) is 3.48. The molecule has 0 bridgehead atoms. The molecule has 2 heterocycles. The lowest BCUT2D eigenvalue weighted by Crippen LogP contribution is -2.32. The zero-order valence-electron chi connectivity index (χ0n) is 19.2. The first kappa shape index (κ1) is 25.4. The number of hydrogen-bond donors (Lipinski definition) is 2. The van der Waals surface area contributed by atoms with E-state index in [1.807, 2.05) is 0 Å². The largest absolute Gasteiger partial charge is 0.495 e. The van der Waals surface area contributed by atoms with E-state index in [4.69, 9.17) is 27.9 Å². The molecule has 1 aromatic heterocycles. The number of anilines is 3. The molecule has 2 aromatic carbocycles. The normalized spacial score (nSPS) is 13.9. The maximum Gasteiger partial charge on any atom is 0.283 e. The Bertz CT molecular complexity index is 1500. The maximum atomic E-state index is 13.1. The van der Waals surface area contributed by atoms with Crippen LogP contribution < -0.4 is 19.7 Å². The highest BCUT2D eigenvalue weighted by Gasteiger charge is 2.40. The summed E-state index contributed by atoms with van der Waals surface area (Å²) < 4.78 is 33.1. The number of amides is 2. The van der Waals surface area contributed by atoms with Crippen LogP contribution in [0.25, 0.3) is 0 Å². The van der Waals surface area contributed by atoms with Crippen LogP contribution in [-0.4, -0.2) is 37.3 Å². The number of ether oxygens (including phenoxy) is 1. The first-order valence-electron chi connectivity index (χ1n) is 10.3. The quantitative estimate of drug-likeness (QED) is 0.424. The topological polar surface area (TPSA) is 131 Å². The van der Waals surface area contributed by atoms with E-state index in [2.05, 4.69) is 20.0 Å². The van der Waals surface area contributed by atoms with Gasteiger partial charge >= 0.3 is 0 Å². The smallest absolute Gasteiger partial charge is 0.283 e. The Hall–Kier alpha value is -3.67. The second-order valence-corrected chi connectivity index (χ2v) is 10.2. The van der Waals surface area contributed by atoms with Gasteiger partial charge in [-0.25, -0.2) is 28.0 Å². The van der Waals surface area contributed by atoms with Crippen LogP contribution in [-0.2, 0) is 19.6 Å². The van der Waals surface area contributed by atoms with E-state index in [-0.39, 0.29) is 33.0 Å². The summed E-state index contributed by atoms with van der Waals surface area (Å²) in [6.07, 6.45) is 0. The number of imide groups is 1. The third kappa shape index (κ3) is 4.99. The van der Waals surface area contributed by atoms with Gasteiger partial charge in [0.25, 0.3) is 21.8 Å². The first-order chi connectivity index (χ1) is 17.0. The molecule has 0 atom stereocenters. The van der Waals surface area contributed by atoms with Crippen molar-refractivity contribution in [3.63, 3.8) is 0 Å². The Balaban J connectivity index is 1.55. The molecule has 1 aliphatic heterocycles. The fourth-order valence-corrected chi connectivity index (χ4v) is 4.80. The van der Waals surface area contributed by atoms with Crippen molar-refractivity contribution in [3.05, 3.63) is 75.7 Å². The molecule has 13 heteroatoms. The van der Waals surface area contributed by atoms with E-state index in [1.54, 1.807) is 26.0 Å². The van der Waals surface area contributed by atoms with Crippen LogP contribution in [0.5, 0.6) is 5.75 Å². The number of hydrogen-bond acceptors (Lipinski definition) is 8. The van der Waals surface area contributed by atoms with E-state index in [1.165, 1.54) is 43.5 Å². The van der Waals surface area contributed by atoms with E-state index in [9.17, 15) is 18.0 Å². The van der Waals surface area contributed by atoms with Gasteiger partial charge in [0.2, 0.25) is 5.95 Å². The summed E-state index contributed by atoms with van der Waals surface area (Å²) in [5.74, 6) is -1.28. The molecule has 0 aliphatic carbocycles. The fraction of sp³-hybridized carbons (Fsp3) is 0.130. The molecule has 36 heavy (non-hydrogen) atoms. The van der Waals surface area contributed by atoms with Crippen molar-refractivity contribution in [3.8, 4) is 5.75 Å². The van der Waals surface area contributed by atoms with Crippen LogP contribution in [0.2, 0.25) is 5.02 Å². The second kappa shape index (κ2) is 9.76. The molecular formula is C23H19Cl2N5O5S. The molecule has 0 fully saturated rings. The molecule has 0 spiro atoms. The zero-order chi connectivity index (χ0) is 26.2. The number of carbonyl (C=O) groups excluding carboxylic acids is 2. The van der Waals surface area contributed by atoms with E-state index in [0.717, 1.165) is 4.90 Å². The first-order valence-corrected chi connectivity index (χ1v) is 12.6. The number of sulfonamides is 1. The minimum atomic E-state index is -3.97. The molecule has 0 saturated heterocycles. The average molecular weight is 548 g/mol. The molecule has 10 nitrogen and oxygen atoms in total. The Morgan fingerprint density at radius 2 is 1.56 bits per heavy atom. The monoisotopic (exact) mass is 547 g/mol. The number of benzene rings is 2. The van der Waals surface area contributed by atoms with Crippen molar-refractivity contribution in [2.75, 3.05) is 22.0 Å². The summed E-state index contributed by atoms with van der Waals surface area (Å²) >= 11 is 12.2. The van der Waals surface area contributed by atoms with Crippen molar-refractivity contribution in [1.82, 2.24) is 9.97 Å². The van der Waals surface area contributed by atoms with Crippen molar-refractivity contribution < 1.29 is 22.7 Å². The maximum absolute atomic E-state index is 13.1. The molecule has 0 saturated carbocycles. The number of nitrogens with one attached hydrogen (secondary N) is 2. The molecule has 186 valence electrons. The lowest BCUT2D eigenvalue weighted by atomic mass is 10.2. The lowest BCUT2D eigenvalue weighted by Gasteiger charge is -2.18. The molecule has 4 rings (SSSR count). The van der Waals surface area contributed by atoms with Crippen molar-refractivity contribution in [2.24, 2.45) is 0 Å². The van der Waals surface area contributed by atoms with Gasteiger partial charge in [-0.05, 0) is 62.4 Å². The van der Waals surface area contributed by atoms with Gasteiger partial charge in [-0.15, -0.1) is 0 Å². The number of carbonyl (C=O) groups is 2. The SMILES string of the molecule is COc1ccc(Cl)cc1N1C(=O)C(Cl)=C(Nc2ccc(S(=O)(=O)Nc3nc(C)cc(C)n3)cc2)C1=O. The van der Waals surface area contributed by atoms with Crippen LogP contribution in [0.3, 0.4) is 0 Å². The molecule has 0 radical (unpaired) electrons. The summed E-state index contributed by atoms with van der Waals surface area (Å²) in [6.45, 7) is 3.46. The highest BCUT2D eigenvalue weighted by molar-refractivity contribution is 7.92. The van der Waals surface area contributed by atoms with Gasteiger partial charge in [0.05, 0.1) is 17.7 Å². The number of halogens is 2. The Morgan fingerprint density at radius 1 is 0.917 bits per heavy atom. The standard InChI is InChI=1S/C23H19Cl2N5O5S/c1-12-10-13(2)27-23(26-12)29-36(33,34)16-7-5-15(6-8-16)28-20-19(25)21(31)30(22(20)32)17-11-14(24)4-9-18(17)35-3/h4-11,28H,1-3H3,(H,26,27,29). The predicted octanol–water partition coefficient (Wildman–Crippen LogP) is 3.99. The van der Waals surface area contributed by atoms with Gasteiger partial charge in [0.1, 0.15) is 16.5 Å². The third-order valence-corrected chi connectivity index (χ3v) is 6.98. The van der Waals surface area contributed by atoms with Crippen molar-refractivity contribution in [1.29, 1.82) is 0 Å². The Labute approximate surface area is 217 Å². The minimum absolute atomic E-state index is 0.0433. The van der Waals surface area contributed by atoms with Gasteiger partial charge in [0.15, 0.2) is 0 Å². The highest BCUT2D eigenvalue weighted by atomic mass is 35.5. The molecule has 2 amide bonds. The number of rotatable bonds is 7. The van der Waals surface area contributed by atoms with Crippen LogP contribution in [0, 0.1) is 13.8 Å². The summed E-state index contributed by atoms with van der Waals surface area (Å²) in [5, 5.41) is 2.74. The van der Waals surface area contributed by atoms with Gasteiger partial charge in [0, 0.05) is 22.1 Å². The van der Waals surface area contributed by atoms with Gasteiger partial charge in [-0.3, -0.25) is 9.59 Å². The van der Waals surface area contributed by atoms with Crippen molar-refractivity contribution >= 4 is 62.4 Å². The summed E-state index contributed by atoms with van der Waals surface area (Å²) in [4.78, 5) is 34.8. The summed E-state index contributed by atoms with van der Waals surface area (Å²) in [7, 11) is -2.58. The predicted molar refractivity (Wildman–Crippen MR) is 136 cm³/mol. The van der Waals surface area contributed by atoms with E-state index in [0.29, 0.717) is 22.1 Å². The van der Waals surface area contributed by atoms with Crippen LogP contribution in [0.4, 0.5) is 17.3 Å². The zero-order valence-corrected chi connectivity index (χ0v) is 21.5. The second-order valence-electron chi connectivity index (χ2n) is 7.68. The Morgan fingerprint density at radius 3 is 2.17 bits per heavy atom. The van der Waals surface area contributed by atoms with Gasteiger partial charge in [-0.1, -0.05) is 23.2 Å². The molecule has 3 aromatic rings. The van der Waals surface area contributed by atoms with Crippen LogP contribution in [0.1, 0.15) is 11.4 Å². The lowest BCUT2D eigenvalue weighted by molar-refractivity contribution is -0.120. The molecule has 1 aliphatic rings. The summed E-state index contributed by atoms with van der Waals surface area (Å²) in [5.41, 5.74) is 1.51. The number of aromatic nitrogens is 2. The van der Waals surface area contributed by atoms with Crippen molar-refractivity contribution in [2.45, 2.75) is 18.7 Å². The van der Waals surface area contributed by atoms with E-state index >= 15 is 0 Å². The number of nitrogens with zero attached hydrogens (tertiary/aromatic N) is 3. The molecule has 2 N–H and O–H groups in total. The molecule has 0 unspecified atom stereocenters. The average Bonchev–Trinajstić information content (AvgIpc) is 3.01. The number of methoxy groups -OCH3 is 1. The van der Waals surface area contributed by atoms with E-state index < -0.39 is 21.8 Å². The highest BCUT2D eigenvalue weighted by Crippen LogP contribution is 2.37. The minimum Gasteiger partial charge on any atom is -0.495 e.